The number of aromatic nitrogens is 1. The third-order valence-corrected chi connectivity index (χ3v) is 13.4. The molecule has 2 aliphatic heterocycles. The molecule has 1 aromatic heterocycles. The van der Waals surface area contributed by atoms with Gasteiger partial charge in [0.1, 0.15) is 0 Å². The van der Waals surface area contributed by atoms with Crippen LogP contribution in [-0.4, -0.2) is 80.7 Å². The number of benzene rings is 1. The van der Waals surface area contributed by atoms with E-state index in [0.29, 0.717) is 24.7 Å². The van der Waals surface area contributed by atoms with E-state index in [1.807, 2.05) is 29.3 Å². The van der Waals surface area contributed by atoms with E-state index in [2.05, 4.69) is 9.88 Å². The van der Waals surface area contributed by atoms with Gasteiger partial charge in [0.25, 0.3) is 0 Å². The maximum atomic E-state index is 13.6. The molecule has 0 saturated carbocycles. The zero-order chi connectivity index (χ0) is 25.9. The van der Waals surface area contributed by atoms with Crippen molar-refractivity contribution in [2.24, 2.45) is 5.73 Å². The highest BCUT2D eigenvalue weighted by molar-refractivity contribution is 7.91. The van der Waals surface area contributed by atoms with E-state index < -0.39 is 28.7 Å². The molecular weight excluding hydrogens is 492 g/mol. The van der Waals surface area contributed by atoms with Gasteiger partial charge in [-0.1, -0.05) is 25.6 Å². The monoisotopic (exact) mass is 532 g/mol. The minimum absolute atomic E-state index is 0.0782. The minimum Gasteiger partial charge on any atom is -0.374 e. The second kappa shape index (κ2) is 11.1. The number of hydrogen-bond donors (Lipinski definition) is 2. The largest absolute Gasteiger partial charge is 0.374 e. The van der Waals surface area contributed by atoms with Crippen molar-refractivity contribution < 1.29 is 18.0 Å². The number of H-pyrrole nitrogens is 1. The van der Waals surface area contributed by atoms with E-state index in [-0.39, 0.29) is 24.1 Å². The van der Waals surface area contributed by atoms with Crippen LogP contribution in [0.3, 0.4) is 0 Å². The minimum atomic E-state index is -3.69. The van der Waals surface area contributed by atoms with E-state index >= 15 is 0 Å². The number of amides is 2. The maximum absolute atomic E-state index is 13.6. The Kier molecular flexibility index (Phi) is 8.26. The van der Waals surface area contributed by atoms with Crippen LogP contribution in [0.1, 0.15) is 49.3 Å². The van der Waals surface area contributed by atoms with Crippen molar-refractivity contribution in [2.75, 3.05) is 31.9 Å². The molecule has 1 atom stereocenters. The zero-order valence-electron chi connectivity index (χ0n) is 21.5. The van der Waals surface area contributed by atoms with Crippen LogP contribution in [0.25, 0.3) is 10.9 Å². The van der Waals surface area contributed by atoms with Gasteiger partial charge in [-0.25, -0.2) is 8.42 Å². The number of fused-ring (bicyclic) bond motifs is 1. The Morgan fingerprint density at radius 3 is 2.44 bits per heavy atom. The lowest BCUT2D eigenvalue weighted by molar-refractivity contribution is -0.132. The summed E-state index contributed by atoms with van der Waals surface area (Å²) >= 11 is 0. The zero-order valence-corrected chi connectivity index (χ0v) is 23.4. The standard InChI is InChI=1S/C26H40N4O4SSi/c1-36(2,26(27)32)17-16-35(33,34)24(21-6-7-23-20(18-21)8-11-28-23)19-25(31)30-14-9-22(10-15-30)29-12-4-3-5-13-29/h6-8,11,18,22,24,28H,3-5,9-10,12-17,19H2,1-2H3,(H2,27,32). The molecule has 2 aromatic rings. The summed E-state index contributed by atoms with van der Waals surface area (Å²) in [6, 6.07) is 8.20. The molecule has 0 aliphatic carbocycles. The molecule has 2 amide bonds. The Hall–Kier alpha value is -2.17. The van der Waals surface area contributed by atoms with Crippen molar-refractivity contribution in [1.82, 2.24) is 14.8 Å². The Bertz CT molecular complexity index is 1180. The van der Waals surface area contributed by atoms with Gasteiger partial charge in [-0.3, -0.25) is 9.59 Å². The number of piperidine rings is 2. The third-order valence-electron chi connectivity index (χ3n) is 8.15. The summed E-state index contributed by atoms with van der Waals surface area (Å²) in [5, 5.41) is -0.0314. The number of nitrogens with zero attached hydrogens (tertiary/aromatic N) is 2. The highest BCUT2D eigenvalue weighted by Gasteiger charge is 2.36. The van der Waals surface area contributed by atoms with Gasteiger partial charge in [0.15, 0.2) is 23.4 Å². The van der Waals surface area contributed by atoms with Crippen molar-refractivity contribution in [3.8, 4) is 0 Å². The Balaban J connectivity index is 1.49. The molecule has 3 N–H and O–H groups in total. The molecule has 0 spiro atoms. The van der Waals surface area contributed by atoms with E-state index in [1.165, 1.54) is 19.3 Å². The number of carbonyl (C=O) groups is 2. The van der Waals surface area contributed by atoms with Gasteiger partial charge in [-0.2, -0.15) is 0 Å². The van der Waals surface area contributed by atoms with Crippen LogP contribution in [0.2, 0.25) is 19.1 Å². The van der Waals surface area contributed by atoms with Gasteiger partial charge in [-0.05, 0) is 74.0 Å². The molecule has 10 heteroatoms. The van der Waals surface area contributed by atoms with E-state index in [0.717, 1.165) is 36.8 Å². The Morgan fingerprint density at radius 1 is 1.08 bits per heavy atom. The summed E-state index contributed by atoms with van der Waals surface area (Å²) in [4.78, 5) is 32.8. The number of rotatable bonds is 9. The SMILES string of the molecule is C[Si](C)(CCS(=O)(=O)C(CC(=O)N1CCC(N2CCCCC2)CC1)c1ccc2[nH]ccc2c1)C(N)=O. The smallest absolute Gasteiger partial charge is 0.224 e. The number of carbonyl (C=O) groups excluding carboxylic acids is 2. The quantitative estimate of drug-likeness (QED) is 0.476. The predicted octanol–water partition coefficient (Wildman–Crippen LogP) is 3.86. The normalized spacial score (nSPS) is 19.4. The summed E-state index contributed by atoms with van der Waals surface area (Å²) in [6.07, 6.45) is 7.42. The lowest BCUT2D eigenvalue weighted by Gasteiger charge is -2.40. The summed E-state index contributed by atoms with van der Waals surface area (Å²) in [5.74, 6) is -0.253. The first-order chi connectivity index (χ1) is 17.1. The second-order valence-corrected chi connectivity index (χ2v) is 18.2. The topological polar surface area (TPSA) is 117 Å². The van der Waals surface area contributed by atoms with Crippen LogP contribution in [0, 0.1) is 0 Å². The number of likely N-dealkylation sites (tertiary alicyclic amines) is 2. The second-order valence-electron chi connectivity index (χ2n) is 11.1. The fraction of sp³-hybridized carbons (Fsp3) is 0.615. The molecule has 4 rings (SSSR count). The molecule has 0 radical (unpaired) electrons. The summed E-state index contributed by atoms with van der Waals surface area (Å²) in [5.41, 5.74) is 6.69. The maximum Gasteiger partial charge on any atom is 0.224 e. The van der Waals surface area contributed by atoms with Gasteiger partial charge in [0, 0.05) is 43.0 Å². The molecule has 36 heavy (non-hydrogen) atoms. The highest BCUT2D eigenvalue weighted by Crippen LogP contribution is 2.32. The fourth-order valence-corrected chi connectivity index (χ4v) is 10.1. The van der Waals surface area contributed by atoms with Crippen LogP contribution >= 0.6 is 0 Å². The molecular formula is C26H40N4O4SSi. The van der Waals surface area contributed by atoms with Gasteiger partial charge >= 0.3 is 0 Å². The summed E-state index contributed by atoms with van der Waals surface area (Å²) < 4.78 is 27.3. The fourth-order valence-electron chi connectivity index (χ4n) is 5.44. The van der Waals surface area contributed by atoms with Crippen LogP contribution in [0.4, 0.5) is 4.79 Å². The average molecular weight is 533 g/mol. The van der Waals surface area contributed by atoms with Crippen LogP contribution in [-0.2, 0) is 14.6 Å². The van der Waals surface area contributed by atoms with Gasteiger partial charge in [0.05, 0.1) is 5.25 Å². The van der Waals surface area contributed by atoms with Crippen molar-refractivity contribution >= 4 is 40.3 Å². The highest BCUT2D eigenvalue weighted by atomic mass is 32.2. The molecule has 2 aliphatic rings. The molecule has 1 unspecified atom stereocenters. The van der Waals surface area contributed by atoms with Crippen molar-refractivity contribution in [3.05, 3.63) is 36.0 Å². The van der Waals surface area contributed by atoms with Crippen LogP contribution < -0.4 is 5.73 Å². The molecule has 0 bridgehead atoms. The number of sulfone groups is 1. The first-order valence-electron chi connectivity index (χ1n) is 13.2. The predicted molar refractivity (Wildman–Crippen MR) is 146 cm³/mol. The number of nitrogens with one attached hydrogen (secondary N) is 1. The van der Waals surface area contributed by atoms with E-state index in [4.69, 9.17) is 5.73 Å². The third kappa shape index (κ3) is 6.20. The molecule has 8 nitrogen and oxygen atoms in total. The number of primary amides is 1. The molecule has 3 heterocycles. The Morgan fingerprint density at radius 2 is 1.78 bits per heavy atom. The summed E-state index contributed by atoms with van der Waals surface area (Å²) in [6.45, 7) is 7.22. The number of aromatic amines is 1. The summed E-state index contributed by atoms with van der Waals surface area (Å²) in [7, 11) is -6.21. The van der Waals surface area contributed by atoms with Crippen LogP contribution in [0.15, 0.2) is 30.5 Å². The van der Waals surface area contributed by atoms with Crippen molar-refractivity contribution in [3.63, 3.8) is 0 Å². The number of nitrogens with two attached hydrogens (primary N) is 1. The lowest BCUT2D eigenvalue weighted by atomic mass is 9.99. The van der Waals surface area contributed by atoms with Gasteiger partial charge < -0.3 is 20.5 Å². The Labute approximate surface area is 215 Å². The van der Waals surface area contributed by atoms with Gasteiger partial charge in [0.2, 0.25) is 5.91 Å². The van der Waals surface area contributed by atoms with E-state index in [9.17, 15) is 18.0 Å². The first-order valence-corrected chi connectivity index (χ1v) is 18.1. The van der Waals surface area contributed by atoms with Crippen LogP contribution in [0.5, 0.6) is 0 Å². The van der Waals surface area contributed by atoms with Crippen molar-refractivity contribution in [1.29, 1.82) is 0 Å². The lowest BCUT2D eigenvalue weighted by Crippen LogP contribution is -2.48. The molecule has 198 valence electrons. The van der Waals surface area contributed by atoms with Gasteiger partial charge in [-0.15, -0.1) is 0 Å². The molecule has 1 aromatic carbocycles. The first kappa shape index (κ1) is 26.9. The number of hydrogen-bond acceptors (Lipinski definition) is 5. The van der Waals surface area contributed by atoms with Crippen molar-refractivity contribution in [2.45, 2.75) is 69.0 Å². The average Bonchev–Trinajstić information content (AvgIpc) is 3.34. The molecule has 2 fully saturated rings. The molecule has 2 saturated heterocycles. The van der Waals surface area contributed by atoms with E-state index in [1.54, 1.807) is 19.2 Å².